The van der Waals surface area contributed by atoms with E-state index in [1.54, 1.807) is 23.1 Å². The highest BCUT2D eigenvalue weighted by Crippen LogP contribution is 2.29. The number of nitrogens with zero attached hydrogens (tertiary/aromatic N) is 5. The van der Waals surface area contributed by atoms with Gasteiger partial charge in [0.15, 0.2) is 0 Å². The van der Waals surface area contributed by atoms with Crippen molar-refractivity contribution in [2.45, 2.75) is 24.9 Å². The quantitative estimate of drug-likeness (QED) is 0.721. The molecule has 0 aliphatic carbocycles. The molecule has 2 aromatic heterocycles. The Balaban J connectivity index is 1.41. The molecule has 4 rings (SSSR count). The maximum Gasteiger partial charge on any atom is 0.416 e. The van der Waals surface area contributed by atoms with Gasteiger partial charge in [-0.15, -0.1) is 5.10 Å². The molecule has 146 valence electrons. The fourth-order valence-corrected chi connectivity index (χ4v) is 3.08. The van der Waals surface area contributed by atoms with E-state index in [9.17, 15) is 13.2 Å². The van der Waals surface area contributed by atoms with Crippen LogP contribution in [0.15, 0.2) is 48.9 Å². The summed E-state index contributed by atoms with van der Waals surface area (Å²) in [5, 5.41) is 19.2. The van der Waals surface area contributed by atoms with E-state index < -0.39 is 11.7 Å². The molecular weight excluding hydrogens is 373 g/mol. The van der Waals surface area contributed by atoms with Crippen molar-refractivity contribution in [3.63, 3.8) is 0 Å². The fourth-order valence-electron chi connectivity index (χ4n) is 3.08. The molecule has 0 bridgehead atoms. The van der Waals surface area contributed by atoms with E-state index in [-0.39, 0.29) is 18.8 Å². The zero-order valence-corrected chi connectivity index (χ0v) is 14.7. The third-order valence-electron chi connectivity index (χ3n) is 4.60. The Hall–Kier alpha value is -2.85. The smallest absolute Gasteiger partial charge is 0.370 e. The van der Waals surface area contributed by atoms with Gasteiger partial charge in [0.05, 0.1) is 42.9 Å². The summed E-state index contributed by atoms with van der Waals surface area (Å²) in [6.07, 6.45) is 0.506. The Morgan fingerprint density at radius 2 is 1.93 bits per heavy atom. The Morgan fingerprint density at radius 3 is 2.64 bits per heavy atom. The molecule has 0 radical (unpaired) electrons. The lowest BCUT2D eigenvalue weighted by atomic mass is 10.1. The van der Waals surface area contributed by atoms with Gasteiger partial charge in [-0.3, -0.25) is 0 Å². The van der Waals surface area contributed by atoms with E-state index >= 15 is 0 Å². The van der Waals surface area contributed by atoms with E-state index in [0.717, 1.165) is 17.7 Å². The molecule has 0 spiro atoms. The van der Waals surface area contributed by atoms with Crippen LogP contribution in [0.3, 0.4) is 0 Å². The third-order valence-corrected chi connectivity index (χ3v) is 4.60. The molecule has 1 fully saturated rings. The SMILES string of the molecule is FC(F)(F)c1ccc(CO[C@@H]2CNC[C@H]2n2cc(-c3ccnnc3)nn2)cc1. The van der Waals surface area contributed by atoms with Gasteiger partial charge >= 0.3 is 6.18 Å². The van der Waals surface area contributed by atoms with E-state index in [1.807, 2.05) is 6.20 Å². The summed E-state index contributed by atoms with van der Waals surface area (Å²) in [6.45, 7) is 1.50. The number of benzene rings is 1. The lowest BCUT2D eigenvalue weighted by Gasteiger charge is -2.19. The number of hydrogen-bond donors (Lipinski definition) is 1. The number of nitrogens with one attached hydrogen (secondary N) is 1. The summed E-state index contributed by atoms with van der Waals surface area (Å²) >= 11 is 0. The van der Waals surface area contributed by atoms with Gasteiger partial charge < -0.3 is 10.1 Å². The lowest BCUT2D eigenvalue weighted by molar-refractivity contribution is -0.137. The van der Waals surface area contributed by atoms with Crippen LogP contribution in [0.1, 0.15) is 17.2 Å². The van der Waals surface area contributed by atoms with E-state index in [4.69, 9.17) is 4.74 Å². The number of halogens is 3. The van der Waals surface area contributed by atoms with Crippen molar-refractivity contribution in [3.8, 4) is 11.3 Å². The molecule has 1 aliphatic rings. The van der Waals surface area contributed by atoms with Crippen LogP contribution in [-0.2, 0) is 17.5 Å². The summed E-state index contributed by atoms with van der Waals surface area (Å²) in [5.41, 5.74) is 1.51. The largest absolute Gasteiger partial charge is 0.416 e. The highest BCUT2D eigenvalue weighted by molar-refractivity contribution is 5.55. The van der Waals surface area contributed by atoms with Gasteiger partial charge in [-0.1, -0.05) is 17.3 Å². The number of rotatable bonds is 5. The van der Waals surface area contributed by atoms with Crippen LogP contribution in [0, 0.1) is 0 Å². The maximum absolute atomic E-state index is 12.7. The molecule has 1 N–H and O–H groups in total. The molecule has 10 heteroatoms. The minimum absolute atomic E-state index is 0.0644. The predicted octanol–water partition coefficient (Wildman–Crippen LogP) is 2.48. The van der Waals surface area contributed by atoms with Crippen LogP contribution in [0.5, 0.6) is 0 Å². The van der Waals surface area contributed by atoms with Crippen LogP contribution in [0.25, 0.3) is 11.3 Å². The number of hydrogen-bond acceptors (Lipinski definition) is 6. The zero-order valence-electron chi connectivity index (χ0n) is 14.7. The Labute approximate surface area is 158 Å². The van der Waals surface area contributed by atoms with Gasteiger partial charge in [-0.25, -0.2) is 4.68 Å². The van der Waals surface area contributed by atoms with Gasteiger partial charge in [0.1, 0.15) is 5.69 Å². The number of alkyl halides is 3. The Kier molecular flexibility index (Phi) is 5.05. The molecule has 0 saturated carbocycles. The van der Waals surface area contributed by atoms with E-state index in [2.05, 4.69) is 25.8 Å². The van der Waals surface area contributed by atoms with Crippen LogP contribution in [-0.4, -0.2) is 44.4 Å². The topological polar surface area (TPSA) is 77.8 Å². The molecule has 1 saturated heterocycles. The molecule has 0 amide bonds. The van der Waals surface area contributed by atoms with Crippen LogP contribution >= 0.6 is 0 Å². The van der Waals surface area contributed by atoms with Crippen molar-refractivity contribution in [1.29, 1.82) is 0 Å². The normalized spacial score (nSPS) is 19.8. The van der Waals surface area contributed by atoms with Crippen molar-refractivity contribution in [2.75, 3.05) is 13.1 Å². The van der Waals surface area contributed by atoms with Gasteiger partial charge in [0.2, 0.25) is 0 Å². The fraction of sp³-hybridized carbons (Fsp3) is 0.333. The monoisotopic (exact) mass is 390 g/mol. The average molecular weight is 390 g/mol. The number of aromatic nitrogens is 5. The lowest BCUT2D eigenvalue weighted by Crippen LogP contribution is -2.26. The summed E-state index contributed by atoms with van der Waals surface area (Å²) in [6, 6.07) is 6.73. The highest BCUT2D eigenvalue weighted by atomic mass is 19.4. The summed E-state index contributed by atoms with van der Waals surface area (Å²) in [5.74, 6) is 0. The maximum atomic E-state index is 12.7. The van der Waals surface area contributed by atoms with Crippen molar-refractivity contribution in [1.82, 2.24) is 30.5 Å². The first kappa shape index (κ1) is 18.5. The van der Waals surface area contributed by atoms with Gasteiger partial charge in [0, 0.05) is 18.7 Å². The second-order valence-corrected chi connectivity index (χ2v) is 6.48. The third kappa shape index (κ3) is 4.02. The van der Waals surface area contributed by atoms with Gasteiger partial charge in [-0.2, -0.15) is 23.4 Å². The van der Waals surface area contributed by atoms with Gasteiger partial charge in [-0.05, 0) is 23.8 Å². The summed E-state index contributed by atoms with van der Waals surface area (Å²) in [7, 11) is 0. The molecule has 1 aliphatic heterocycles. The summed E-state index contributed by atoms with van der Waals surface area (Å²) < 4.78 is 45.6. The molecule has 2 atom stereocenters. The van der Waals surface area contributed by atoms with Crippen LogP contribution in [0.2, 0.25) is 0 Å². The van der Waals surface area contributed by atoms with Crippen molar-refractivity contribution in [3.05, 3.63) is 60.0 Å². The Bertz CT molecular complexity index is 913. The first-order valence-corrected chi connectivity index (χ1v) is 8.68. The van der Waals surface area contributed by atoms with Crippen LogP contribution in [0.4, 0.5) is 13.2 Å². The molecule has 28 heavy (non-hydrogen) atoms. The van der Waals surface area contributed by atoms with E-state index in [1.165, 1.54) is 12.1 Å². The predicted molar refractivity (Wildman–Crippen MR) is 93.0 cm³/mol. The average Bonchev–Trinajstić information content (AvgIpc) is 3.36. The molecule has 1 aromatic carbocycles. The molecule has 0 unspecified atom stereocenters. The molecule has 3 aromatic rings. The van der Waals surface area contributed by atoms with Crippen LogP contribution < -0.4 is 5.32 Å². The first-order chi connectivity index (χ1) is 13.5. The Morgan fingerprint density at radius 1 is 1.11 bits per heavy atom. The van der Waals surface area contributed by atoms with E-state index in [0.29, 0.717) is 24.3 Å². The summed E-state index contributed by atoms with van der Waals surface area (Å²) in [4.78, 5) is 0. The highest BCUT2D eigenvalue weighted by Gasteiger charge is 2.31. The molecular formula is C18H17F3N6O. The standard InChI is InChI=1S/C18H17F3N6O/c19-18(20,21)14-3-1-12(2-4-14)11-28-17-9-22-8-16(17)27-10-15(25-26-27)13-5-6-23-24-7-13/h1-7,10,16-17,22H,8-9,11H2/t16-,17-/m1/s1. The minimum Gasteiger partial charge on any atom is -0.370 e. The minimum atomic E-state index is -4.34. The zero-order chi connectivity index (χ0) is 19.6. The second kappa shape index (κ2) is 7.64. The van der Waals surface area contributed by atoms with Crippen molar-refractivity contribution >= 4 is 0 Å². The second-order valence-electron chi connectivity index (χ2n) is 6.48. The van der Waals surface area contributed by atoms with Crippen molar-refractivity contribution in [2.24, 2.45) is 0 Å². The van der Waals surface area contributed by atoms with Gasteiger partial charge in [0.25, 0.3) is 0 Å². The molecule has 3 heterocycles. The van der Waals surface area contributed by atoms with Crippen molar-refractivity contribution < 1.29 is 17.9 Å². The first-order valence-electron chi connectivity index (χ1n) is 8.68. The molecule has 7 nitrogen and oxygen atoms in total. The number of ether oxygens (including phenoxy) is 1.